The van der Waals surface area contributed by atoms with Gasteiger partial charge in [0, 0.05) is 30.3 Å². The van der Waals surface area contributed by atoms with Crippen molar-refractivity contribution in [3.05, 3.63) is 40.8 Å². The lowest BCUT2D eigenvalue weighted by atomic mass is 9.87. The largest absolute Gasteiger partial charge is 0.497 e. The molecular weight excluding hydrogens is 398 g/mol. The first-order chi connectivity index (χ1) is 14.8. The summed E-state index contributed by atoms with van der Waals surface area (Å²) >= 11 is 0. The molecule has 0 bridgehead atoms. The van der Waals surface area contributed by atoms with Crippen LogP contribution in [-0.4, -0.2) is 41.6 Å². The van der Waals surface area contributed by atoms with Crippen LogP contribution < -0.4 is 26.1 Å². The maximum Gasteiger partial charge on any atom is 0.262 e. The van der Waals surface area contributed by atoms with Crippen LogP contribution in [0, 0.1) is 5.41 Å². The smallest absolute Gasteiger partial charge is 0.262 e. The summed E-state index contributed by atoms with van der Waals surface area (Å²) in [6.45, 7) is 4.27. The summed E-state index contributed by atoms with van der Waals surface area (Å²) in [4.78, 5) is 36.1. The molecule has 0 unspecified atom stereocenters. The quantitative estimate of drug-likeness (QED) is 0.449. The highest BCUT2D eigenvalue weighted by atomic mass is 16.5. The van der Waals surface area contributed by atoms with Crippen LogP contribution in [0.3, 0.4) is 0 Å². The Labute approximate surface area is 180 Å². The van der Waals surface area contributed by atoms with Crippen molar-refractivity contribution in [3.63, 3.8) is 0 Å². The lowest BCUT2D eigenvalue weighted by molar-refractivity contribution is -0.126. The van der Waals surface area contributed by atoms with E-state index in [1.165, 1.54) is 14.2 Å². The average molecular weight is 425 g/mol. The number of methoxy groups -OCH3 is 2. The van der Waals surface area contributed by atoms with Crippen LogP contribution in [-0.2, 0) is 4.79 Å². The molecule has 164 valence electrons. The molecule has 0 aliphatic heterocycles. The van der Waals surface area contributed by atoms with Gasteiger partial charge in [-0.05, 0) is 25.0 Å². The standard InChI is InChI=1S/C22H27N5O4/c1-22(2,21(23)29)8-6-10-24-14-7-5-9-25-18(14)19-26-15-11-13(30-3)12-16(31-4)17(15)20(28)27-19/h5,7,9,11-12,24H,6,8,10H2,1-4H3,(H2,23,29)(H,26,27,28). The molecule has 9 heteroatoms. The number of pyridine rings is 1. The lowest BCUT2D eigenvalue weighted by Gasteiger charge is -2.20. The molecule has 2 aromatic heterocycles. The summed E-state index contributed by atoms with van der Waals surface area (Å²) in [6.07, 6.45) is 3.02. The lowest BCUT2D eigenvalue weighted by Crippen LogP contribution is -2.31. The van der Waals surface area contributed by atoms with Crippen molar-refractivity contribution in [1.82, 2.24) is 15.0 Å². The maximum atomic E-state index is 12.8. The molecule has 0 saturated carbocycles. The fourth-order valence-corrected chi connectivity index (χ4v) is 3.22. The Kier molecular flexibility index (Phi) is 6.43. The van der Waals surface area contributed by atoms with Gasteiger partial charge in [0.15, 0.2) is 5.82 Å². The van der Waals surface area contributed by atoms with Crippen LogP contribution in [0.2, 0.25) is 0 Å². The number of carbonyl (C=O) groups excluding carboxylic acids is 1. The summed E-state index contributed by atoms with van der Waals surface area (Å²) in [5, 5.41) is 3.65. The number of hydrogen-bond donors (Lipinski definition) is 3. The second-order valence-corrected chi connectivity index (χ2v) is 7.82. The molecule has 0 atom stereocenters. The molecule has 3 aromatic rings. The minimum atomic E-state index is -0.567. The summed E-state index contributed by atoms with van der Waals surface area (Å²) in [5.41, 5.74) is 6.20. The maximum absolute atomic E-state index is 12.8. The molecular formula is C22H27N5O4. The number of nitrogens with one attached hydrogen (secondary N) is 2. The number of aromatic nitrogens is 3. The molecule has 0 saturated heterocycles. The van der Waals surface area contributed by atoms with Crippen LogP contribution in [0.25, 0.3) is 22.4 Å². The predicted molar refractivity (Wildman–Crippen MR) is 119 cm³/mol. The molecule has 0 fully saturated rings. The third kappa shape index (κ3) is 4.76. The number of carbonyl (C=O) groups is 1. The van der Waals surface area contributed by atoms with Crippen LogP contribution >= 0.6 is 0 Å². The van der Waals surface area contributed by atoms with E-state index in [2.05, 4.69) is 20.3 Å². The fraction of sp³-hybridized carbons (Fsp3) is 0.364. The predicted octanol–water partition coefficient (Wildman–Crippen LogP) is 2.71. The third-order valence-corrected chi connectivity index (χ3v) is 5.19. The van der Waals surface area contributed by atoms with Gasteiger partial charge in [0.2, 0.25) is 5.91 Å². The van der Waals surface area contributed by atoms with Gasteiger partial charge in [-0.1, -0.05) is 13.8 Å². The number of H-pyrrole nitrogens is 1. The summed E-state index contributed by atoms with van der Waals surface area (Å²) in [5.74, 6) is 0.919. The van der Waals surface area contributed by atoms with E-state index < -0.39 is 5.41 Å². The molecule has 9 nitrogen and oxygen atoms in total. The van der Waals surface area contributed by atoms with E-state index in [1.54, 1.807) is 24.4 Å². The van der Waals surface area contributed by atoms with Crippen molar-refractivity contribution in [2.75, 3.05) is 26.1 Å². The van der Waals surface area contributed by atoms with Crippen molar-refractivity contribution in [1.29, 1.82) is 0 Å². The number of nitrogens with zero attached hydrogens (tertiary/aromatic N) is 2. The van der Waals surface area contributed by atoms with E-state index >= 15 is 0 Å². The average Bonchev–Trinajstić information content (AvgIpc) is 2.75. The minimum absolute atomic E-state index is 0.321. The zero-order chi connectivity index (χ0) is 22.6. The second-order valence-electron chi connectivity index (χ2n) is 7.82. The van der Waals surface area contributed by atoms with E-state index in [-0.39, 0.29) is 11.5 Å². The third-order valence-electron chi connectivity index (χ3n) is 5.19. The molecule has 2 heterocycles. The van der Waals surface area contributed by atoms with Gasteiger partial charge in [-0.3, -0.25) is 14.6 Å². The van der Waals surface area contributed by atoms with Gasteiger partial charge in [0.05, 0.1) is 25.4 Å². The fourth-order valence-electron chi connectivity index (χ4n) is 3.22. The van der Waals surface area contributed by atoms with Crippen molar-refractivity contribution < 1.29 is 14.3 Å². The normalized spacial score (nSPS) is 11.4. The SMILES string of the molecule is COc1cc(OC)c2c(=O)[nH]c(-c3ncccc3NCCCC(C)(C)C(N)=O)nc2c1. The molecule has 4 N–H and O–H groups in total. The highest BCUT2D eigenvalue weighted by molar-refractivity contribution is 5.87. The summed E-state index contributed by atoms with van der Waals surface area (Å²) < 4.78 is 10.6. The van der Waals surface area contributed by atoms with Crippen molar-refractivity contribution in [2.24, 2.45) is 11.1 Å². The van der Waals surface area contributed by atoms with Crippen LogP contribution in [0.5, 0.6) is 11.5 Å². The molecule has 1 amide bonds. The van der Waals surface area contributed by atoms with Gasteiger partial charge >= 0.3 is 0 Å². The van der Waals surface area contributed by atoms with Crippen LogP contribution in [0.4, 0.5) is 5.69 Å². The van der Waals surface area contributed by atoms with E-state index in [0.717, 1.165) is 12.1 Å². The van der Waals surface area contributed by atoms with Gasteiger partial charge in [0.25, 0.3) is 5.56 Å². The zero-order valence-corrected chi connectivity index (χ0v) is 18.1. The molecule has 0 aliphatic rings. The van der Waals surface area contributed by atoms with Gasteiger partial charge in [-0.15, -0.1) is 0 Å². The van der Waals surface area contributed by atoms with Crippen molar-refractivity contribution in [2.45, 2.75) is 26.7 Å². The number of benzene rings is 1. The number of hydrogen-bond acceptors (Lipinski definition) is 7. The Morgan fingerprint density at radius 3 is 2.71 bits per heavy atom. The van der Waals surface area contributed by atoms with Crippen molar-refractivity contribution >= 4 is 22.5 Å². The van der Waals surface area contributed by atoms with E-state index in [0.29, 0.717) is 46.9 Å². The van der Waals surface area contributed by atoms with Crippen molar-refractivity contribution in [3.8, 4) is 23.0 Å². The summed E-state index contributed by atoms with van der Waals surface area (Å²) in [7, 11) is 3.02. The van der Waals surface area contributed by atoms with Gasteiger partial charge in [-0.2, -0.15) is 0 Å². The summed E-state index contributed by atoms with van der Waals surface area (Å²) in [6, 6.07) is 6.97. The molecule has 1 aromatic carbocycles. The first kappa shape index (κ1) is 22.1. The number of aromatic amines is 1. The highest BCUT2D eigenvalue weighted by Gasteiger charge is 2.24. The first-order valence-electron chi connectivity index (χ1n) is 9.92. The number of amides is 1. The van der Waals surface area contributed by atoms with E-state index in [4.69, 9.17) is 15.2 Å². The Hall–Kier alpha value is -3.62. The first-order valence-corrected chi connectivity index (χ1v) is 9.92. The van der Waals surface area contributed by atoms with Gasteiger partial charge in [0.1, 0.15) is 22.6 Å². The number of nitrogens with two attached hydrogens (primary N) is 1. The topological polar surface area (TPSA) is 132 Å². The molecule has 31 heavy (non-hydrogen) atoms. The zero-order valence-electron chi connectivity index (χ0n) is 18.1. The van der Waals surface area contributed by atoms with E-state index in [1.807, 2.05) is 19.9 Å². The monoisotopic (exact) mass is 425 g/mol. The highest BCUT2D eigenvalue weighted by Crippen LogP contribution is 2.30. The second kappa shape index (κ2) is 9.03. The number of rotatable bonds is 9. The Morgan fingerprint density at radius 1 is 1.26 bits per heavy atom. The molecule has 0 spiro atoms. The molecule has 0 radical (unpaired) electrons. The van der Waals surface area contributed by atoms with Gasteiger partial charge < -0.3 is 25.5 Å². The Bertz CT molecular complexity index is 1160. The molecule has 0 aliphatic carbocycles. The van der Waals surface area contributed by atoms with Crippen LogP contribution in [0.1, 0.15) is 26.7 Å². The number of fused-ring (bicyclic) bond motifs is 1. The van der Waals surface area contributed by atoms with Crippen LogP contribution in [0.15, 0.2) is 35.3 Å². The van der Waals surface area contributed by atoms with Gasteiger partial charge in [-0.25, -0.2) is 4.98 Å². The number of ether oxygens (including phenoxy) is 2. The minimum Gasteiger partial charge on any atom is -0.497 e. The molecule has 3 rings (SSSR count). The van der Waals surface area contributed by atoms with E-state index in [9.17, 15) is 9.59 Å². The number of primary amides is 1. The number of anilines is 1. The Balaban J connectivity index is 1.91. The Morgan fingerprint density at radius 2 is 2.03 bits per heavy atom.